The van der Waals surface area contributed by atoms with E-state index in [-0.39, 0.29) is 0 Å². The number of hydrogen-bond donors (Lipinski definition) is 0. The van der Waals surface area contributed by atoms with E-state index in [4.69, 9.17) is 23.9 Å². The second-order valence-electron chi connectivity index (χ2n) is 7.44. The van der Waals surface area contributed by atoms with Crippen LogP contribution in [0.2, 0.25) is 0 Å². The zero-order chi connectivity index (χ0) is 22.5. The molecule has 0 N–H and O–H groups in total. The maximum atomic E-state index is 5.57. The molecule has 1 heterocycles. The minimum atomic E-state index is 0.562. The van der Waals surface area contributed by atoms with Crippen molar-refractivity contribution in [3.05, 3.63) is 66.2 Å². The number of rotatable bonds is 9. The standard InChI is InChI=1S/C26H28N2O4/c1-29-20-12-13-22-21(17-20)27-26(28(22)14-8-11-18-9-6-5-7-10-18)19-15-23(30-2)25(32-4)24(16-19)31-3/h5-7,9-10,12-13,15-17H,8,11,14H2,1-4H3. The second-order valence-corrected chi connectivity index (χ2v) is 7.44. The van der Waals surface area contributed by atoms with Crippen LogP contribution in [-0.2, 0) is 13.0 Å². The van der Waals surface area contributed by atoms with Crippen molar-refractivity contribution in [3.63, 3.8) is 0 Å². The first-order valence-corrected chi connectivity index (χ1v) is 10.6. The first kappa shape index (κ1) is 21.6. The minimum absolute atomic E-state index is 0.562. The Morgan fingerprint density at radius 3 is 2.12 bits per heavy atom. The zero-order valence-electron chi connectivity index (χ0n) is 18.9. The van der Waals surface area contributed by atoms with E-state index in [0.29, 0.717) is 17.2 Å². The number of benzene rings is 3. The van der Waals surface area contributed by atoms with E-state index >= 15 is 0 Å². The topological polar surface area (TPSA) is 54.7 Å². The highest BCUT2D eigenvalue weighted by atomic mass is 16.5. The van der Waals surface area contributed by atoms with E-state index in [0.717, 1.165) is 47.6 Å². The summed E-state index contributed by atoms with van der Waals surface area (Å²) in [4.78, 5) is 4.95. The number of fused-ring (bicyclic) bond motifs is 1. The molecule has 6 nitrogen and oxygen atoms in total. The predicted molar refractivity (Wildman–Crippen MR) is 126 cm³/mol. The number of imidazole rings is 1. The highest BCUT2D eigenvalue weighted by molar-refractivity contribution is 5.83. The number of ether oxygens (including phenoxy) is 4. The van der Waals surface area contributed by atoms with Crippen LogP contribution in [0.5, 0.6) is 23.0 Å². The van der Waals surface area contributed by atoms with E-state index < -0.39 is 0 Å². The molecule has 3 aromatic carbocycles. The summed E-state index contributed by atoms with van der Waals surface area (Å²) in [6.07, 6.45) is 1.98. The van der Waals surface area contributed by atoms with Gasteiger partial charge in [0.25, 0.3) is 0 Å². The van der Waals surface area contributed by atoms with Crippen LogP contribution in [0, 0.1) is 0 Å². The molecule has 0 saturated heterocycles. The number of methoxy groups -OCH3 is 4. The summed E-state index contributed by atoms with van der Waals surface area (Å²) < 4.78 is 24.3. The summed E-state index contributed by atoms with van der Waals surface area (Å²) in [6.45, 7) is 0.823. The van der Waals surface area contributed by atoms with Crippen molar-refractivity contribution >= 4 is 11.0 Å². The van der Waals surface area contributed by atoms with Crippen LogP contribution in [-0.4, -0.2) is 38.0 Å². The van der Waals surface area contributed by atoms with E-state index in [2.05, 4.69) is 34.9 Å². The molecule has 0 fully saturated rings. The molecule has 0 aliphatic heterocycles. The average Bonchev–Trinajstić information content (AvgIpc) is 3.21. The first-order valence-electron chi connectivity index (χ1n) is 10.6. The molecule has 0 aliphatic carbocycles. The monoisotopic (exact) mass is 432 g/mol. The highest BCUT2D eigenvalue weighted by Crippen LogP contribution is 2.41. The molecule has 0 amide bonds. The van der Waals surface area contributed by atoms with Crippen molar-refractivity contribution in [1.29, 1.82) is 0 Å². The number of aromatic nitrogens is 2. The zero-order valence-corrected chi connectivity index (χ0v) is 18.9. The molecule has 0 spiro atoms. The largest absolute Gasteiger partial charge is 0.497 e. The molecular formula is C26H28N2O4. The Morgan fingerprint density at radius 1 is 0.781 bits per heavy atom. The summed E-state index contributed by atoms with van der Waals surface area (Å²) in [5, 5.41) is 0. The third kappa shape index (κ3) is 4.21. The van der Waals surface area contributed by atoms with Crippen molar-refractivity contribution < 1.29 is 18.9 Å². The molecular weight excluding hydrogens is 404 g/mol. The molecule has 0 saturated carbocycles. The Balaban J connectivity index is 1.78. The molecule has 0 unspecified atom stereocenters. The molecule has 0 aliphatic rings. The molecule has 4 aromatic rings. The lowest BCUT2D eigenvalue weighted by molar-refractivity contribution is 0.324. The quantitative estimate of drug-likeness (QED) is 0.356. The number of nitrogens with zero attached hydrogens (tertiary/aromatic N) is 2. The van der Waals surface area contributed by atoms with Crippen molar-refractivity contribution in [3.8, 4) is 34.4 Å². The molecule has 4 rings (SSSR count). The third-order valence-corrected chi connectivity index (χ3v) is 5.57. The van der Waals surface area contributed by atoms with Gasteiger partial charge in [0.1, 0.15) is 11.6 Å². The molecule has 32 heavy (non-hydrogen) atoms. The molecule has 0 atom stereocenters. The minimum Gasteiger partial charge on any atom is -0.497 e. The summed E-state index contributed by atoms with van der Waals surface area (Å²) in [6, 6.07) is 20.4. The Bertz CT molecular complexity index is 1180. The highest BCUT2D eigenvalue weighted by Gasteiger charge is 2.19. The smallest absolute Gasteiger partial charge is 0.203 e. The Morgan fingerprint density at radius 2 is 1.50 bits per heavy atom. The Labute approximate surface area is 188 Å². The van der Waals surface area contributed by atoms with Gasteiger partial charge in [-0.1, -0.05) is 30.3 Å². The van der Waals surface area contributed by atoms with Crippen molar-refractivity contribution in [1.82, 2.24) is 9.55 Å². The van der Waals surface area contributed by atoms with Gasteiger partial charge >= 0.3 is 0 Å². The lowest BCUT2D eigenvalue weighted by atomic mass is 10.1. The van der Waals surface area contributed by atoms with Gasteiger partial charge in [-0.3, -0.25) is 0 Å². The van der Waals surface area contributed by atoms with Crippen molar-refractivity contribution in [2.45, 2.75) is 19.4 Å². The van der Waals surface area contributed by atoms with Crippen LogP contribution in [0.1, 0.15) is 12.0 Å². The van der Waals surface area contributed by atoms with Gasteiger partial charge in [0, 0.05) is 18.2 Å². The van der Waals surface area contributed by atoms with E-state index in [1.807, 2.05) is 30.3 Å². The van der Waals surface area contributed by atoms with E-state index in [1.165, 1.54) is 5.56 Å². The average molecular weight is 433 g/mol. The van der Waals surface area contributed by atoms with Crippen molar-refractivity contribution in [2.75, 3.05) is 28.4 Å². The summed E-state index contributed by atoms with van der Waals surface area (Å²) in [7, 11) is 6.51. The molecule has 6 heteroatoms. The van der Waals surface area contributed by atoms with Crippen LogP contribution in [0.3, 0.4) is 0 Å². The van der Waals surface area contributed by atoms with E-state index in [9.17, 15) is 0 Å². The van der Waals surface area contributed by atoms with Gasteiger partial charge in [-0.05, 0) is 42.7 Å². The fourth-order valence-electron chi connectivity index (χ4n) is 3.98. The van der Waals surface area contributed by atoms with Crippen LogP contribution < -0.4 is 18.9 Å². The van der Waals surface area contributed by atoms with Gasteiger partial charge in [-0.15, -0.1) is 0 Å². The van der Waals surface area contributed by atoms with Gasteiger partial charge in [0.2, 0.25) is 5.75 Å². The number of hydrogen-bond acceptors (Lipinski definition) is 5. The van der Waals surface area contributed by atoms with Crippen LogP contribution >= 0.6 is 0 Å². The van der Waals surface area contributed by atoms with Gasteiger partial charge < -0.3 is 23.5 Å². The van der Waals surface area contributed by atoms with Gasteiger partial charge in [0.15, 0.2) is 11.5 Å². The van der Waals surface area contributed by atoms with E-state index in [1.54, 1.807) is 28.4 Å². The van der Waals surface area contributed by atoms with Gasteiger partial charge in [-0.25, -0.2) is 4.98 Å². The SMILES string of the molecule is COc1ccc2c(c1)nc(-c1cc(OC)c(OC)c(OC)c1)n2CCCc1ccccc1. The second kappa shape index (κ2) is 9.64. The lowest BCUT2D eigenvalue weighted by Crippen LogP contribution is -2.03. The maximum absolute atomic E-state index is 5.57. The normalized spacial score (nSPS) is 10.9. The van der Waals surface area contributed by atoms with Crippen LogP contribution in [0.15, 0.2) is 60.7 Å². The van der Waals surface area contributed by atoms with Gasteiger partial charge in [-0.2, -0.15) is 0 Å². The maximum Gasteiger partial charge on any atom is 0.203 e. The molecule has 1 aromatic heterocycles. The Kier molecular flexibility index (Phi) is 6.50. The molecule has 166 valence electrons. The Hall–Kier alpha value is -3.67. The van der Waals surface area contributed by atoms with Crippen LogP contribution in [0.4, 0.5) is 0 Å². The van der Waals surface area contributed by atoms with Crippen LogP contribution in [0.25, 0.3) is 22.4 Å². The van der Waals surface area contributed by atoms with Crippen molar-refractivity contribution in [2.24, 2.45) is 0 Å². The lowest BCUT2D eigenvalue weighted by Gasteiger charge is -2.15. The summed E-state index contributed by atoms with van der Waals surface area (Å²) in [5.74, 6) is 3.39. The molecule has 0 radical (unpaired) electrons. The number of aryl methyl sites for hydroxylation is 2. The van der Waals surface area contributed by atoms with Gasteiger partial charge in [0.05, 0.1) is 39.5 Å². The molecule has 0 bridgehead atoms. The summed E-state index contributed by atoms with van der Waals surface area (Å²) in [5.41, 5.74) is 4.16. The fourth-order valence-corrected chi connectivity index (χ4v) is 3.98. The first-order chi connectivity index (χ1) is 15.7. The third-order valence-electron chi connectivity index (χ3n) is 5.57. The summed E-state index contributed by atoms with van der Waals surface area (Å²) >= 11 is 0. The fraction of sp³-hybridized carbons (Fsp3) is 0.269. The predicted octanol–water partition coefficient (Wildman–Crippen LogP) is 5.37.